The lowest BCUT2D eigenvalue weighted by Crippen LogP contribution is -2.25. The largest absolute Gasteiger partial charge is 0.373 e. The molecule has 2 heterocycles. The number of rotatable bonds is 8. The Kier molecular flexibility index (Phi) is 6.54. The Balaban J connectivity index is 1.94. The van der Waals surface area contributed by atoms with E-state index in [-0.39, 0.29) is 5.91 Å². The number of amides is 1. The predicted octanol–water partition coefficient (Wildman–Crippen LogP) is 2.69. The predicted molar refractivity (Wildman–Crippen MR) is 92.7 cm³/mol. The molecule has 0 aliphatic carbocycles. The Morgan fingerprint density at radius 2 is 2.00 bits per heavy atom. The highest BCUT2D eigenvalue weighted by Crippen LogP contribution is 2.14. The van der Waals surface area contributed by atoms with Gasteiger partial charge in [-0.15, -0.1) is 0 Å². The van der Waals surface area contributed by atoms with Gasteiger partial charge in [-0.05, 0) is 36.6 Å². The van der Waals surface area contributed by atoms with Crippen molar-refractivity contribution in [2.45, 2.75) is 26.2 Å². The molecule has 23 heavy (non-hydrogen) atoms. The van der Waals surface area contributed by atoms with Crippen molar-refractivity contribution in [3.8, 4) is 0 Å². The van der Waals surface area contributed by atoms with Gasteiger partial charge in [0.25, 0.3) is 5.91 Å². The normalized spacial score (nSPS) is 10.3. The van der Waals surface area contributed by atoms with Crippen molar-refractivity contribution in [3.63, 3.8) is 0 Å². The maximum absolute atomic E-state index is 12.1. The van der Waals surface area contributed by atoms with Crippen LogP contribution in [0.25, 0.3) is 0 Å². The Morgan fingerprint density at radius 1 is 1.22 bits per heavy atom. The number of unbranched alkanes of at least 4 members (excludes halogenated alkanes) is 1. The van der Waals surface area contributed by atoms with E-state index in [0.29, 0.717) is 12.1 Å². The molecule has 1 amide bonds. The van der Waals surface area contributed by atoms with Gasteiger partial charge < -0.3 is 10.2 Å². The van der Waals surface area contributed by atoms with Gasteiger partial charge in [0, 0.05) is 38.7 Å². The molecule has 0 unspecified atom stereocenters. The molecule has 0 fully saturated rings. The van der Waals surface area contributed by atoms with E-state index < -0.39 is 0 Å². The number of carbonyl (C=O) groups is 1. The highest BCUT2D eigenvalue weighted by Gasteiger charge is 2.08. The zero-order valence-corrected chi connectivity index (χ0v) is 13.8. The third kappa shape index (κ3) is 5.36. The Labute approximate surface area is 137 Å². The van der Waals surface area contributed by atoms with Crippen LogP contribution in [0.1, 0.15) is 35.7 Å². The van der Waals surface area contributed by atoms with Crippen LogP contribution < -0.4 is 10.2 Å². The summed E-state index contributed by atoms with van der Waals surface area (Å²) in [6, 6.07) is 5.92. The second kappa shape index (κ2) is 8.88. The van der Waals surface area contributed by atoms with Crippen molar-refractivity contribution >= 4 is 11.6 Å². The van der Waals surface area contributed by atoms with E-state index in [1.165, 1.54) is 5.56 Å². The summed E-state index contributed by atoms with van der Waals surface area (Å²) in [5.74, 6) is -0.0599. The summed E-state index contributed by atoms with van der Waals surface area (Å²) in [7, 11) is 2.01. The van der Waals surface area contributed by atoms with Crippen LogP contribution in [0.5, 0.6) is 0 Å². The number of hydrogen-bond acceptors (Lipinski definition) is 4. The third-order valence-corrected chi connectivity index (χ3v) is 3.73. The molecule has 0 saturated heterocycles. The molecule has 0 bridgehead atoms. The molecular weight excluding hydrogens is 288 g/mol. The van der Waals surface area contributed by atoms with Crippen LogP contribution >= 0.6 is 0 Å². The van der Waals surface area contributed by atoms with E-state index in [1.54, 1.807) is 24.8 Å². The lowest BCUT2D eigenvalue weighted by atomic mass is 10.2. The first-order valence-electron chi connectivity index (χ1n) is 8.04. The van der Waals surface area contributed by atoms with Gasteiger partial charge in [-0.25, -0.2) is 0 Å². The minimum atomic E-state index is -0.0599. The molecule has 0 radical (unpaired) electrons. The summed E-state index contributed by atoms with van der Waals surface area (Å²) in [4.78, 5) is 22.4. The zero-order chi connectivity index (χ0) is 16.5. The fourth-order valence-electron chi connectivity index (χ4n) is 2.22. The number of carbonyl (C=O) groups excluding carboxylic acids is 1. The van der Waals surface area contributed by atoms with Crippen LogP contribution in [0, 0.1) is 0 Å². The number of pyridine rings is 2. The summed E-state index contributed by atoms with van der Waals surface area (Å²) in [6.07, 6.45) is 9.99. The summed E-state index contributed by atoms with van der Waals surface area (Å²) >= 11 is 0. The van der Waals surface area contributed by atoms with Gasteiger partial charge in [-0.2, -0.15) is 0 Å². The van der Waals surface area contributed by atoms with Crippen molar-refractivity contribution in [1.29, 1.82) is 0 Å². The SMILES string of the molecule is CCCCNC(=O)c1cncc(N(C)CCc2ccncc2)c1. The van der Waals surface area contributed by atoms with Gasteiger partial charge in [0.05, 0.1) is 17.4 Å². The highest BCUT2D eigenvalue weighted by molar-refractivity contribution is 5.94. The van der Waals surface area contributed by atoms with Crippen LogP contribution in [0.2, 0.25) is 0 Å². The van der Waals surface area contributed by atoms with Crippen molar-refractivity contribution < 1.29 is 4.79 Å². The Morgan fingerprint density at radius 3 is 2.74 bits per heavy atom. The molecule has 2 rings (SSSR count). The van der Waals surface area contributed by atoms with E-state index in [4.69, 9.17) is 0 Å². The third-order valence-electron chi connectivity index (χ3n) is 3.73. The van der Waals surface area contributed by atoms with Crippen LogP contribution in [0.3, 0.4) is 0 Å². The van der Waals surface area contributed by atoms with Gasteiger partial charge in [-0.1, -0.05) is 13.3 Å². The number of nitrogens with zero attached hydrogens (tertiary/aromatic N) is 3. The minimum Gasteiger partial charge on any atom is -0.373 e. The van der Waals surface area contributed by atoms with Crippen LogP contribution in [0.4, 0.5) is 5.69 Å². The van der Waals surface area contributed by atoms with Gasteiger partial charge in [0.1, 0.15) is 0 Å². The number of nitrogens with one attached hydrogen (secondary N) is 1. The van der Waals surface area contributed by atoms with Crippen molar-refractivity contribution in [3.05, 3.63) is 54.1 Å². The minimum absolute atomic E-state index is 0.0599. The van der Waals surface area contributed by atoms with E-state index in [0.717, 1.165) is 31.5 Å². The quantitative estimate of drug-likeness (QED) is 0.761. The van der Waals surface area contributed by atoms with Crippen LogP contribution in [-0.2, 0) is 6.42 Å². The fraction of sp³-hybridized carbons (Fsp3) is 0.389. The Bertz CT molecular complexity index is 615. The highest BCUT2D eigenvalue weighted by atomic mass is 16.1. The smallest absolute Gasteiger partial charge is 0.252 e. The lowest BCUT2D eigenvalue weighted by molar-refractivity contribution is 0.0953. The second-order valence-corrected chi connectivity index (χ2v) is 5.57. The van der Waals surface area contributed by atoms with Gasteiger partial charge in [0.15, 0.2) is 0 Å². The topological polar surface area (TPSA) is 58.1 Å². The molecule has 5 heteroatoms. The molecule has 122 valence electrons. The summed E-state index contributed by atoms with van der Waals surface area (Å²) in [5.41, 5.74) is 2.80. The first kappa shape index (κ1) is 16.9. The zero-order valence-electron chi connectivity index (χ0n) is 13.8. The summed E-state index contributed by atoms with van der Waals surface area (Å²) in [5, 5.41) is 2.92. The number of likely N-dealkylation sites (N-methyl/N-ethyl adjacent to an activating group) is 1. The molecule has 5 nitrogen and oxygen atoms in total. The van der Waals surface area contributed by atoms with E-state index in [9.17, 15) is 4.79 Å². The standard InChI is InChI=1S/C18H24N4O/c1-3-4-8-21-18(23)16-12-17(14-20-13-16)22(2)11-7-15-5-9-19-10-6-15/h5-6,9-10,12-14H,3-4,7-8,11H2,1-2H3,(H,21,23). The van der Waals surface area contributed by atoms with Crippen molar-refractivity contribution in [2.75, 3.05) is 25.0 Å². The van der Waals surface area contributed by atoms with Gasteiger partial charge in [0.2, 0.25) is 0 Å². The number of anilines is 1. The molecular formula is C18H24N4O. The average Bonchev–Trinajstić information content (AvgIpc) is 2.61. The Hall–Kier alpha value is -2.43. The molecule has 2 aromatic heterocycles. The molecule has 0 saturated carbocycles. The molecule has 0 aromatic carbocycles. The first-order valence-corrected chi connectivity index (χ1v) is 8.04. The molecule has 0 spiro atoms. The molecule has 1 N–H and O–H groups in total. The molecule has 0 aliphatic heterocycles. The molecule has 0 aliphatic rings. The first-order chi connectivity index (χ1) is 11.2. The van der Waals surface area contributed by atoms with Crippen LogP contribution in [0.15, 0.2) is 43.0 Å². The lowest BCUT2D eigenvalue weighted by Gasteiger charge is -2.19. The fourth-order valence-corrected chi connectivity index (χ4v) is 2.22. The van der Waals surface area contributed by atoms with Crippen molar-refractivity contribution in [1.82, 2.24) is 15.3 Å². The van der Waals surface area contributed by atoms with Crippen molar-refractivity contribution in [2.24, 2.45) is 0 Å². The van der Waals surface area contributed by atoms with E-state index >= 15 is 0 Å². The number of hydrogen-bond donors (Lipinski definition) is 1. The monoisotopic (exact) mass is 312 g/mol. The van der Waals surface area contributed by atoms with Crippen LogP contribution in [-0.4, -0.2) is 36.0 Å². The summed E-state index contributed by atoms with van der Waals surface area (Å²) in [6.45, 7) is 3.66. The number of aromatic nitrogens is 2. The average molecular weight is 312 g/mol. The maximum atomic E-state index is 12.1. The maximum Gasteiger partial charge on any atom is 0.252 e. The van der Waals surface area contributed by atoms with E-state index in [2.05, 4.69) is 27.1 Å². The molecule has 0 atom stereocenters. The summed E-state index contributed by atoms with van der Waals surface area (Å²) < 4.78 is 0. The second-order valence-electron chi connectivity index (χ2n) is 5.57. The van der Waals surface area contributed by atoms with E-state index in [1.807, 2.05) is 25.2 Å². The van der Waals surface area contributed by atoms with Gasteiger partial charge >= 0.3 is 0 Å². The molecule has 2 aromatic rings. The van der Waals surface area contributed by atoms with Gasteiger partial charge in [-0.3, -0.25) is 14.8 Å².